The van der Waals surface area contributed by atoms with Gasteiger partial charge in [0.05, 0.1) is 17.5 Å². The second kappa shape index (κ2) is 5.35. The molecule has 2 aromatic heterocycles. The number of nitrogens with one attached hydrogen (secondary N) is 1. The third-order valence-corrected chi connectivity index (χ3v) is 2.27. The monoisotopic (exact) mass is 289 g/mol. The second-order valence-electron chi connectivity index (χ2n) is 3.76. The molecular formula is C11H10F3N3O3. The lowest BCUT2D eigenvalue weighted by molar-refractivity contribution is -0.154. The molecule has 0 aliphatic carbocycles. The van der Waals surface area contributed by atoms with Gasteiger partial charge in [0.15, 0.2) is 12.3 Å². The minimum absolute atomic E-state index is 0.0247. The Kier molecular flexibility index (Phi) is 3.77. The topological polar surface area (TPSA) is 77.1 Å². The molecule has 0 saturated carbocycles. The number of ether oxygens (including phenoxy) is 2. The Hall–Kier alpha value is -2.32. The number of H-pyrrole nitrogens is 1. The third kappa shape index (κ3) is 3.16. The Bertz CT molecular complexity index is 624. The summed E-state index contributed by atoms with van der Waals surface area (Å²) in [5.74, 6) is -0.849. The molecule has 0 aliphatic rings. The van der Waals surface area contributed by atoms with Crippen molar-refractivity contribution < 1.29 is 27.4 Å². The summed E-state index contributed by atoms with van der Waals surface area (Å²) in [6, 6.07) is 1.23. The zero-order valence-electron chi connectivity index (χ0n) is 10.3. The summed E-state index contributed by atoms with van der Waals surface area (Å²) in [6.07, 6.45) is -3.24. The Balaban J connectivity index is 2.22. The standard InChI is InChI=1S/C11H10F3N3O3/c1-2-19-10(18)9-6-4-15-8(3-7(6)16-17-9)20-5-11(12,13)14/h3-4H,2,5H2,1H3,(H,16,17). The van der Waals surface area contributed by atoms with Crippen molar-refractivity contribution in [1.29, 1.82) is 0 Å². The summed E-state index contributed by atoms with van der Waals surface area (Å²) in [4.78, 5) is 15.2. The van der Waals surface area contributed by atoms with E-state index in [4.69, 9.17) is 4.74 Å². The molecule has 2 heterocycles. The molecule has 2 rings (SSSR count). The first-order valence-electron chi connectivity index (χ1n) is 5.61. The van der Waals surface area contributed by atoms with Gasteiger partial charge in [-0.15, -0.1) is 0 Å². The highest BCUT2D eigenvalue weighted by Crippen LogP contribution is 2.22. The molecule has 0 fully saturated rings. The normalized spacial score (nSPS) is 11.6. The van der Waals surface area contributed by atoms with Gasteiger partial charge in [-0.05, 0) is 6.92 Å². The largest absolute Gasteiger partial charge is 0.468 e. The molecule has 1 N–H and O–H groups in total. The maximum Gasteiger partial charge on any atom is 0.422 e. The molecular weight excluding hydrogens is 279 g/mol. The van der Waals surface area contributed by atoms with Gasteiger partial charge in [-0.1, -0.05) is 0 Å². The molecule has 0 radical (unpaired) electrons. The molecule has 0 spiro atoms. The predicted molar refractivity (Wildman–Crippen MR) is 61.4 cm³/mol. The molecule has 0 aromatic carbocycles. The Morgan fingerprint density at radius 1 is 1.45 bits per heavy atom. The van der Waals surface area contributed by atoms with Crippen molar-refractivity contribution in [2.24, 2.45) is 0 Å². The van der Waals surface area contributed by atoms with Crippen molar-refractivity contribution in [2.75, 3.05) is 13.2 Å². The van der Waals surface area contributed by atoms with E-state index in [1.807, 2.05) is 0 Å². The molecule has 0 atom stereocenters. The maximum atomic E-state index is 12.0. The summed E-state index contributed by atoms with van der Waals surface area (Å²) in [6.45, 7) is 0.395. The molecule has 6 nitrogen and oxygen atoms in total. The minimum atomic E-state index is -4.44. The van der Waals surface area contributed by atoms with E-state index in [0.29, 0.717) is 10.9 Å². The SMILES string of the molecule is CCOC(=O)c1n[nH]c2cc(OCC(F)(F)F)ncc12. The van der Waals surface area contributed by atoms with Crippen molar-refractivity contribution in [3.63, 3.8) is 0 Å². The number of esters is 1. The van der Waals surface area contributed by atoms with Crippen LogP contribution in [0.1, 0.15) is 17.4 Å². The van der Waals surface area contributed by atoms with Crippen LogP contribution in [0.5, 0.6) is 5.88 Å². The van der Waals surface area contributed by atoms with Crippen LogP contribution in [0.4, 0.5) is 13.2 Å². The van der Waals surface area contributed by atoms with E-state index in [1.54, 1.807) is 6.92 Å². The van der Waals surface area contributed by atoms with Gasteiger partial charge in [-0.3, -0.25) is 5.10 Å². The van der Waals surface area contributed by atoms with Gasteiger partial charge in [-0.25, -0.2) is 9.78 Å². The quantitative estimate of drug-likeness (QED) is 0.872. The van der Waals surface area contributed by atoms with Crippen LogP contribution in [0.2, 0.25) is 0 Å². The van der Waals surface area contributed by atoms with Crippen molar-refractivity contribution in [2.45, 2.75) is 13.1 Å². The Morgan fingerprint density at radius 3 is 2.85 bits per heavy atom. The molecule has 2 aromatic rings. The van der Waals surface area contributed by atoms with E-state index < -0.39 is 18.8 Å². The van der Waals surface area contributed by atoms with Crippen molar-refractivity contribution in [3.8, 4) is 5.88 Å². The number of aromatic nitrogens is 3. The van der Waals surface area contributed by atoms with Crippen LogP contribution >= 0.6 is 0 Å². The van der Waals surface area contributed by atoms with Gasteiger partial charge in [0.1, 0.15) is 0 Å². The zero-order chi connectivity index (χ0) is 14.8. The van der Waals surface area contributed by atoms with Crippen molar-refractivity contribution >= 4 is 16.9 Å². The van der Waals surface area contributed by atoms with Crippen LogP contribution in [-0.4, -0.2) is 40.5 Å². The summed E-state index contributed by atoms with van der Waals surface area (Å²) in [5.41, 5.74) is 0.358. The number of aromatic amines is 1. The van der Waals surface area contributed by atoms with Crippen LogP contribution < -0.4 is 4.74 Å². The molecule has 0 amide bonds. The van der Waals surface area contributed by atoms with Crippen LogP contribution in [0.3, 0.4) is 0 Å². The third-order valence-electron chi connectivity index (χ3n) is 2.27. The number of hydrogen-bond donors (Lipinski definition) is 1. The van der Waals surface area contributed by atoms with Gasteiger partial charge in [0, 0.05) is 12.3 Å². The Morgan fingerprint density at radius 2 is 2.20 bits per heavy atom. The van der Waals surface area contributed by atoms with Crippen LogP contribution in [0.25, 0.3) is 10.9 Å². The summed E-state index contributed by atoms with van der Waals surface area (Å²) in [5, 5.41) is 6.61. The lowest BCUT2D eigenvalue weighted by atomic mass is 10.2. The fourth-order valence-electron chi connectivity index (χ4n) is 1.48. The first kappa shape index (κ1) is 14.1. The van der Waals surface area contributed by atoms with E-state index in [-0.39, 0.29) is 18.2 Å². The molecule has 9 heteroatoms. The van der Waals surface area contributed by atoms with Crippen LogP contribution in [-0.2, 0) is 4.74 Å². The smallest absolute Gasteiger partial charge is 0.422 e. The molecule has 0 bridgehead atoms. The fraction of sp³-hybridized carbons (Fsp3) is 0.364. The van der Waals surface area contributed by atoms with Crippen molar-refractivity contribution in [3.05, 3.63) is 18.0 Å². The number of fused-ring (bicyclic) bond motifs is 1. The van der Waals surface area contributed by atoms with E-state index in [1.165, 1.54) is 12.3 Å². The average Bonchev–Trinajstić information content (AvgIpc) is 2.78. The maximum absolute atomic E-state index is 12.0. The number of hydrogen-bond acceptors (Lipinski definition) is 5. The number of rotatable bonds is 4. The van der Waals surface area contributed by atoms with Gasteiger partial charge >= 0.3 is 12.1 Å². The fourth-order valence-corrected chi connectivity index (χ4v) is 1.48. The molecule has 0 aliphatic heterocycles. The highest BCUT2D eigenvalue weighted by atomic mass is 19.4. The minimum Gasteiger partial charge on any atom is -0.468 e. The summed E-state index contributed by atoms with van der Waals surface area (Å²) < 4.78 is 45.3. The summed E-state index contributed by atoms with van der Waals surface area (Å²) >= 11 is 0. The van der Waals surface area contributed by atoms with Crippen LogP contribution in [0.15, 0.2) is 12.3 Å². The zero-order valence-corrected chi connectivity index (χ0v) is 10.3. The number of halogens is 3. The second-order valence-corrected chi connectivity index (χ2v) is 3.76. The van der Waals surface area contributed by atoms with E-state index in [9.17, 15) is 18.0 Å². The lowest BCUT2D eigenvalue weighted by Gasteiger charge is -2.07. The predicted octanol–water partition coefficient (Wildman–Crippen LogP) is 2.08. The lowest BCUT2D eigenvalue weighted by Crippen LogP contribution is -2.19. The molecule has 20 heavy (non-hydrogen) atoms. The van der Waals surface area contributed by atoms with Gasteiger partial charge in [-0.2, -0.15) is 18.3 Å². The number of pyridine rings is 1. The number of carbonyl (C=O) groups excluding carboxylic acids is 1. The first-order valence-corrected chi connectivity index (χ1v) is 5.61. The van der Waals surface area contributed by atoms with Crippen molar-refractivity contribution in [1.82, 2.24) is 15.2 Å². The first-order chi connectivity index (χ1) is 9.40. The molecule has 108 valence electrons. The highest BCUT2D eigenvalue weighted by molar-refractivity contribution is 6.01. The number of carbonyl (C=O) groups is 1. The average molecular weight is 289 g/mol. The molecule has 0 unspecified atom stereocenters. The van der Waals surface area contributed by atoms with E-state index >= 15 is 0 Å². The van der Waals surface area contributed by atoms with Gasteiger partial charge in [0.25, 0.3) is 0 Å². The van der Waals surface area contributed by atoms with E-state index in [0.717, 1.165) is 0 Å². The molecule has 0 saturated heterocycles. The highest BCUT2D eigenvalue weighted by Gasteiger charge is 2.28. The van der Waals surface area contributed by atoms with Gasteiger partial charge in [0.2, 0.25) is 5.88 Å². The Labute approximate surface area is 110 Å². The van der Waals surface area contributed by atoms with Crippen LogP contribution in [0, 0.1) is 0 Å². The number of nitrogens with zero attached hydrogens (tertiary/aromatic N) is 2. The summed E-state index contributed by atoms with van der Waals surface area (Å²) in [7, 11) is 0. The van der Waals surface area contributed by atoms with E-state index in [2.05, 4.69) is 19.9 Å². The number of alkyl halides is 3. The van der Waals surface area contributed by atoms with Gasteiger partial charge < -0.3 is 9.47 Å².